The molecule has 1 aliphatic heterocycles. The maximum atomic E-state index is 12.2. The van der Waals surface area contributed by atoms with Crippen molar-refractivity contribution >= 4 is 28.3 Å². The summed E-state index contributed by atoms with van der Waals surface area (Å²) in [6.07, 6.45) is 4.19. The Morgan fingerprint density at radius 1 is 1.23 bits per heavy atom. The molecule has 3 rings (SSSR count). The van der Waals surface area contributed by atoms with E-state index >= 15 is 0 Å². The Balaban J connectivity index is 1.53. The number of amides is 1. The van der Waals surface area contributed by atoms with Gasteiger partial charge in [0.1, 0.15) is 18.0 Å². The van der Waals surface area contributed by atoms with Gasteiger partial charge in [-0.05, 0) is 69.4 Å². The molecule has 1 aliphatic rings. The van der Waals surface area contributed by atoms with Crippen molar-refractivity contribution in [1.82, 2.24) is 9.88 Å². The van der Waals surface area contributed by atoms with Crippen LogP contribution in [-0.2, 0) is 11.3 Å². The van der Waals surface area contributed by atoms with E-state index < -0.39 is 5.60 Å². The number of nitrogens with zero attached hydrogens (tertiary/aromatic N) is 2. The van der Waals surface area contributed by atoms with Gasteiger partial charge in [0.25, 0.3) is 0 Å². The monoisotopic (exact) mass is 474 g/mol. The lowest BCUT2D eigenvalue weighted by atomic mass is 9.90. The van der Waals surface area contributed by atoms with E-state index in [1.165, 1.54) is 5.56 Å². The molecule has 0 aliphatic carbocycles. The van der Waals surface area contributed by atoms with Crippen molar-refractivity contribution in [2.24, 2.45) is 0 Å². The lowest BCUT2D eigenvalue weighted by Crippen LogP contribution is -2.41. The minimum atomic E-state index is -0.474. The van der Waals surface area contributed by atoms with Crippen LogP contribution in [0.1, 0.15) is 61.1 Å². The van der Waals surface area contributed by atoms with Gasteiger partial charge in [-0.3, -0.25) is 9.78 Å². The SMILES string of the molecule is CC(C)(C)OC(=O)N1CCC(c2ccc(COc3ccc(Br)cc3C=O)nc2)CC1. The molecule has 30 heavy (non-hydrogen) atoms. The van der Waals surface area contributed by atoms with E-state index in [0.29, 0.717) is 36.9 Å². The molecule has 1 saturated heterocycles. The summed E-state index contributed by atoms with van der Waals surface area (Å²) in [4.78, 5) is 29.7. The third-order valence-corrected chi connectivity index (χ3v) is 5.43. The van der Waals surface area contributed by atoms with Crippen molar-refractivity contribution < 1.29 is 19.1 Å². The summed E-state index contributed by atoms with van der Waals surface area (Å²) in [6, 6.07) is 9.35. The number of halogens is 1. The number of benzene rings is 1. The number of ether oxygens (including phenoxy) is 2. The number of likely N-dealkylation sites (tertiary alicyclic amines) is 1. The standard InChI is InChI=1S/C23H27BrN2O4/c1-23(2,3)30-22(28)26-10-8-16(9-11-26)17-4-6-20(25-13-17)15-29-21-7-5-19(24)12-18(21)14-27/h4-7,12-14,16H,8-11,15H2,1-3H3. The number of rotatable bonds is 5. The summed E-state index contributed by atoms with van der Waals surface area (Å²) in [5.41, 5.74) is 1.99. The largest absolute Gasteiger partial charge is 0.487 e. The second kappa shape index (κ2) is 9.60. The van der Waals surface area contributed by atoms with Crippen molar-refractivity contribution in [3.05, 3.63) is 57.8 Å². The second-order valence-corrected chi connectivity index (χ2v) is 9.33. The van der Waals surface area contributed by atoms with Gasteiger partial charge in [0.15, 0.2) is 6.29 Å². The van der Waals surface area contributed by atoms with Crippen LogP contribution in [0.25, 0.3) is 0 Å². The molecular formula is C23H27BrN2O4. The lowest BCUT2D eigenvalue weighted by molar-refractivity contribution is 0.0204. The molecule has 0 radical (unpaired) electrons. The van der Waals surface area contributed by atoms with Crippen LogP contribution < -0.4 is 4.74 Å². The molecule has 7 heteroatoms. The van der Waals surface area contributed by atoms with Gasteiger partial charge in [0, 0.05) is 23.8 Å². The van der Waals surface area contributed by atoms with E-state index in [0.717, 1.165) is 29.3 Å². The first kappa shape index (κ1) is 22.3. The number of hydrogen-bond donors (Lipinski definition) is 0. The van der Waals surface area contributed by atoms with Crippen molar-refractivity contribution in [2.75, 3.05) is 13.1 Å². The van der Waals surface area contributed by atoms with E-state index in [9.17, 15) is 9.59 Å². The van der Waals surface area contributed by atoms with E-state index in [1.54, 1.807) is 17.0 Å². The van der Waals surface area contributed by atoms with E-state index in [4.69, 9.17) is 9.47 Å². The molecule has 2 heterocycles. The van der Waals surface area contributed by atoms with Crippen LogP contribution in [0.15, 0.2) is 41.0 Å². The third kappa shape index (κ3) is 6.05. The quantitative estimate of drug-likeness (QED) is 0.546. The predicted molar refractivity (Wildman–Crippen MR) is 118 cm³/mol. The number of pyridine rings is 1. The van der Waals surface area contributed by atoms with E-state index in [-0.39, 0.29) is 6.09 Å². The maximum absolute atomic E-state index is 12.2. The van der Waals surface area contributed by atoms with Crippen LogP contribution in [0.2, 0.25) is 0 Å². The number of carbonyl (C=O) groups excluding carboxylic acids is 2. The van der Waals surface area contributed by atoms with Gasteiger partial charge in [0.2, 0.25) is 0 Å². The zero-order chi connectivity index (χ0) is 21.7. The van der Waals surface area contributed by atoms with E-state index in [2.05, 4.69) is 27.0 Å². The van der Waals surface area contributed by atoms with E-state index in [1.807, 2.05) is 39.1 Å². The number of hydrogen-bond acceptors (Lipinski definition) is 5. The number of aromatic nitrogens is 1. The first-order valence-corrected chi connectivity index (χ1v) is 10.8. The van der Waals surface area contributed by atoms with Gasteiger partial charge in [-0.2, -0.15) is 0 Å². The lowest BCUT2D eigenvalue weighted by Gasteiger charge is -2.33. The summed E-state index contributed by atoms with van der Waals surface area (Å²) in [7, 11) is 0. The third-order valence-electron chi connectivity index (χ3n) is 4.94. The van der Waals surface area contributed by atoms with Crippen LogP contribution in [0.5, 0.6) is 5.75 Å². The van der Waals surface area contributed by atoms with Gasteiger partial charge in [-0.1, -0.05) is 22.0 Å². The smallest absolute Gasteiger partial charge is 0.410 e. The highest BCUT2D eigenvalue weighted by atomic mass is 79.9. The average molecular weight is 475 g/mol. The number of aldehydes is 1. The van der Waals surface area contributed by atoms with Crippen LogP contribution in [-0.4, -0.2) is 41.0 Å². The molecule has 2 aromatic rings. The Bertz CT molecular complexity index is 885. The van der Waals surface area contributed by atoms with Crippen molar-refractivity contribution in [3.8, 4) is 5.75 Å². The van der Waals surface area contributed by atoms with Crippen LogP contribution in [0.3, 0.4) is 0 Å². The molecule has 0 unspecified atom stereocenters. The first-order valence-electron chi connectivity index (χ1n) is 10.1. The summed E-state index contributed by atoms with van der Waals surface area (Å²) in [5.74, 6) is 0.910. The molecular weight excluding hydrogens is 448 g/mol. The molecule has 1 fully saturated rings. The molecule has 6 nitrogen and oxygen atoms in total. The fourth-order valence-electron chi connectivity index (χ4n) is 3.38. The van der Waals surface area contributed by atoms with Gasteiger partial charge in [-0.25, -0.2) is 4.79 Å². The zero-order valence-electron chi connectivity index (χ0n) is 17.6. The molecule has 0 spiro atoms. The Morgan fingerprint density at radius 3 is 2.57 bits per heavy atom. The molecule has 1 amide bonds. The highest BCUT2D eigenvalue weighted by Gasteiger charge is 2.27. The van der Waals surface area contributed by atoms with Gasteiger partial charge in [0.05, 0.1) is 11.3 Å². The molecule has 160 valence electrons. The molecule has 1 aromatic carbocycles. The van der Waals surface area contributed by atoms with Gasteiger partial charge >= 0.3 is 6.09 Å². The first-order chi connectivity index (χ1) is 14.2. The molecule has 0 atom stereocenters. The molecule has 0 saturated carbocycles. The minimum Gasteiger partial charge on any atom is -0.487 e. The fourth-order valence-corrected chi connectivity index (χ4v) is 3.76. The molecule has 1 aromatic heterocycles. The van der Waals surface area contributed by atoms with Crippen molar-refractivity contribution in [2.45, 2.75) is 51.7 Å². The summed E-state index contributed by atoms with van der Waals surface area (Å²) in [6.45, 7) is 7.30. The summed E-state index contributed by atoms with van der Waals surface area (Å²) in [5, 5.41) is 0. The van der Waals surface area contributed by atoms with Gasteiger partial charge in [-0.15, -0.1) is 0 Å². The van der Waals surface area contributed by atoms with Gasteiger partial charge < -0.3 is 14.4 Å². The minimum absolute atomic E-state index is 0.241. The Kier molecular flexibility index (Phi) is 7.13. The highest BCUT2D eigenvalue weighted by molar-refractivity contribution is 9.10. The Hall–Kier alpha value is -2.41. The van der Waals surface area contributed by atoms with Crippen LogP contribution in [0, 0.1) is 0 Å². The van der Waals surface area contributed by atoms with Crippen molar-refractivity contribution in [3.63, 3.8) is 0 Å². The topological polar surface area (TPSA) is 68.7 Å². The number of carbonyl (C=O) groups is 2. The highest BCUT2D eigenvalue weighted by Crippen LogP contribution is 2.29. The predicted octanol–water partition coefficient (Wildman–Crippen LogP) is 5.35. The van der Waals surface area contributed by atoms with Crippen LogP contribution in [0.4, 0.5) is 4.79 Å². The molecule has 0 N–H and O–H groups in total. The fraction of sp³-hybridized carbons (Fsp3) is 0.435. The molecule has 0 bridgehead atoms. The maximum Gasteiger partial charge on any atom is 0.410 e. The normalized spacial score (nSPS) is 15.0. The summed E-state index contributed by atoms with van der Waals surface area (Å²) >= 11 is 3.35. The zero-order valence-corrected chi connectivity index (χ0v) is 19.1. The van der Waals surface area contributed by atoms with Crippen molar-refractivity contribution in [1.29, 1.82) is 0 Å². The van der Waals surface area contributed by atoms with Crippen LogP contribution >= 0.6 is 15.9 Å². The second-order valence-electron chi connectivity index (χ2n) is 8.41. The number of piperidine rings is 1. The average Bonchev–Trinajstić information content (AvgIpc) is 2.72. The summed E-state index contributed by atoms with van der Waals surface area (Å²) < 4.78 is 12.0. The Morgan fingerprint density at radius 2 is 1.97 bits per heavy atom. The Labute approximate surface area is 185 Å².